The maximum absolute atomic E-state index is 13.8. The molecule has 0 saturated carbocycles. The van der Waals surface area contributed by atoms with Crippen molar-refractivity contribution in [2.24, 2.45) is 0 Å². The second kappa shape index (κ2) is 7.67. The minimum Gasteiger partial charge on any atom is -0.339 e. The third-order valence-electron chi connectivity index (χ3n) is 4.96. The van der Waals surface area contributed by atoms with Crippen molar-refractivity contribution in [3.05, 3.63) is 47.0 Å². The Hall–Kier alpha value is -2.06. The zero-order valence-corrected chi connectivity index (χ0v) is 14.9. The molecule has 1 aromatic carbocycles. The topological polar surface area (TPSA) is 63.1 Å². The Kier molecular flexibility index (Phi) is 5.52. The van der Waals surface area contributed by atoms with Gasteiger partial charge in [0.1, 0.15) is 23.3 Å². The molecule has 140 valence electrons. The molecule has 1 fully saturated rings. The molecule has 2 aliphatic heterocycles. The molecule has 1 amide bonds. The van der Waals surface area contributed by atoms with Gasteiger partial charge < -0.3 is 14.8 Å². The quantitative estimate of drug-likeness (QED) is 0.862. The number of benzene rings is 1. The van der Waals surface area contributed by atoms with Gasteiger partial charge in [0.2, 0.25) is 0 Å². The number of amides is 1. The van der Waals surface area contributed by atoms with E-state index in [1.165, 1.54) is 0 Å². The summed E-state index contributed by atoms with van der Waals surface area (Å²) in [5, 5.41) is 11.8. The molecule has 0 bridgehead atoms. The fraction of sp³-hybridized carbons (Fsp3) is 0.471. The van der Waals surface area contributed by atoms with Gasteiger partial charge in [-0.25, -0.2) is 8.78 Å². The van der Waals surface area contributed by atoms with E-state index in [1.807, 2.05) is 0 Å². The molecular weight excluding hydrogens is 364 g/mol. The summed E-state index contributed by atoms with van der Waals surface area (Å²) in [6, 6.07) is 2.97. The zero-order valence-electron chi connectivity index (χ0n) is 14.1. The van der Waals surface area contributed by atoms with E-state index in [4.69, 9.17) is 0 Å². The predicted molar refractivity (Wildman–Crippen MR) is 93.2 cm³/mol. The number of nitrogens with one attached hydrogen (secondary N) is 1. The van der Waals surface area contributed by atoms with Crippen molar-refractivity contribution in [3.63, 3.8) is 0 Å². The molecule has 4 rings (SSSR count). The van der Waals surface area contributed by atoms with Crippen molar-refractivity contribution in [3.8, 4) is 0 Å². The molecule has 3 heterocycles. The summed E-state index contributed by atoms with van der Waals surface area (Å²) >= 11 is 0. The molecule has 2 aliphatic rings. The number of halogens is 3. The Labute approximate surface area is 156 Å². The molecule has 0 unspecified atom stereocenters. The number of fused-ring (bicyclic) bond motifs is 1. The van der Waals surface area contributed by atoms with Gasteiger partial charge in [-0.2, -0.15) is 0 Å². The van der Waals surface area contributed by atoms with E-state index in [9.17, 15) is 13.6 Å². The van der Waals surface area contributed by atoms with Crippen molar-refractivity contribution in [2.45, 2.75) is 31.8 Å². The number of nitrogens with zero attached hydrogens (tertiary/aromatic N) is 4. The van der Waals surface area contributed by atoms with Crippen LogP contribution in [0.1, 0.15) is 40.8 Å². The lowest BCUT2D eigenvalue weighted by Crippen LogP contribution is -2.39. The maximum atomic E-state index is 13.8. The summed E-state index contributed by atoms with van der Waals surface area (Å²) < 4.78 is 29.3. The number of likely N-dealkylation sites (tertiary alicyclic amines) is 1. The van der Waals surface area contributed by atoms with Crippen LogP contribution in [-0.4, -0.2) is 45.2 Å². The Morgan fingerprint density at radius 3 is 2.69 bits per heavy atom. The van der Waals surface area contributed by atoms with Crippen molar-refractivity contribution in [2.75, 3.05) is 19.6 Å². The van der Waals surface area contributed by atoms with Crippen molar-refractivity contribution >= 4 is 18.3 Å². The van der Waals surface area contributed by atoms with Gasteiger partial charge in [0.25, 0.3) is 5.91 Å². The molecular formula is C17H20ClF2N5O. The number of carbonyl (C=O) groups excluding carboxylic acids is 1. The molecule has 0 spiro atoms. The normalized spacial score (nSPS) is 17.5. The number of aromatic nitrogens is 3. The van der Waals surface area contributed by atoms with Gasteiger partial charge in [0.15, 0.2) is 0 Å². The highest BCUT2D eigenvalue weighted by molar-refractivity contribution is 5.94. The highest BCUT2D eigenvalue weighted by Gasteiger charge is 2.30. The molecule has 2 aromatic rings. The van der Waals surface area contributed by atoms with Gasteiger partial charge in [0, 0.05) is 32.1 Å². The Morgan fingerprint density at radius 1 is 1.15 bits per heavy atom. The summed E-state index contributed by atoms with van der Waals surface area (Å²) in [7, 11) is 0. The first-order valence-electron chi connectivity index (χ1n) is 8.50. The second-order valence-corrected chi connectivity index (χ2v) is 6.49. The summed E-state index contributed by atoms with van der Waals surface area (Å²) in [4.78, 5) is 14.1. The number of hydrogen-bond donors (Lipinski definition) is 1. The highest BCUT2D eigenvalue weighted by Crippen LogP contribution is 2.28. The third-order valence-corrected chi connectivity index (χ3v) is 4.96. The minimum atomic E-state index is -0.687. The van der Waals surface area contributed by atoms with Gasteiger partial charge in [-0.15, -0.1) is 22.6 Å². The van der Waals surface area contributed by atoms with Crippen molar-refractivity contribution in [1.29, 1.82) is 0 Å². The van der Waals surface area contributed by atoms with Crippen LogP contribution in [0, 0.1) is 11.6 Å². The van der Waals surface area contributed by atoms with Gasteiger partial charge >= 0.3 is 0 Å². The van der Waals surface area contributed by atoms with Gasteiger partial charge in [-0.1, -0.05) is 0 Å². The molecule has 9 heteroatoms. The fourth-order valence-electron chi connectivity index (χ4n) is 3.59. The van der Waals surface area contributed by atoms with Crippen LogP contribution in [0.2, 0.25) is 0 Å². The molecule has 0 radical (unpaired) electrons. The molecule has 1 N–H and O–H groups in total. The maximum Gasteiger partial charge on any atom is 0.256 e. The zero-order chi connectivity index (χ0) is 17.4. The smallest absolute Gasteiger partial charge is 0.256 e. The largest absolute Gasteiger partial charge is 0.339 e. The van der Waals surface area contributed by atoms with Crippen LogP contribution >= 0.6 is 12.4 Å². The molecule has 1 saturated heterocycles. The molecule has 6 nitrogen and oxygen atoms in total. The highest BCUT2D eigenvalue weighted by atomic mass is 35.5. The molecule has 26 heavy (non-hydrogen) atoms. The van der Waals surface area contributed by atoms with Crippen LogP contribution in [0.3, 0.4) is 0 Å². The van der Waals surface area contributed by atoms with Gasteiger partial charge in [0.05, 0.1) is 12.1 Å². The Balaban J connectivity index is 0.00000196. The summed E-state index contributed by atoms with van der Waals surface area (Å²) in [6.07, 6.45) is 1.49. The lowest BCUT2D eigenvalue weighted by atomic mass is 9.95. The second-order valence-electron chi connectivity index (χ2n) is 6.49. The minimum absolute atomic E-state index is 0. The fourth-order valence-corrected chi connectivity index (χ4v) is 3.59. The van der Waals surface area contributed by atoms with Crippen LogP contribution in [0.15, 0.2) is 18.2 Å². The monoisotopic (exact) mass is 383 g/mol. The van der Waals surface area contributed by atoms with E-state index in [0.717, 1.165) is 62.3 Å². The summed E-state index contributed by atoms with van der Waals surface area (Å²) in [5.41, 5.74) is -0.204. The Bertz CT molecular complexity index is 804. The summed E-state index contributed by atoms with van der Waals surface area (Å²) in [6.45, 7) is 3.47. The van der Waals surface area contributed by atoms with Crippen molar-refractivity contribution in [1.82, 2.24) is 25.0 Å². The molecule has 0 atom stereocenters. The van der Waals surface area contributed by atoms with E-state index in [1.54, 1.807) is 4.90 Å². The summed E-state index contributed by atoms with van der Waals surface area (Å²) in [5.74, 6) is 0.404. The van der Waals surface area contributed by atoms with Gasteiger partial charge in [-0.05, 0) is 31.0 Å². The number of piperidine rings is 1. The first-order chi connectivity index (χ1) is 12.1. The standard InChI is InChI=1S/C17H19F2N5O.ClH/c18-12-1-2-14(19)13(9-12)17(25)23-6-3-11(4-7-23)16-22-21-15-10-20-5-8-24(15)16;/h1-2,9,11,20H,3-8,10H2;1H. The van der Waals surface area contributed by atoms with E-state index < -0.39 is 17.5 Å². The lowest BCUT2D eigenvalue weighted by Gasteiger charge is -2.32. The molecule has 1 aromatic heterocycles. The van der Waals surface area contributed by atoms with Crippen LogP contribution in [0.5, 0.6) is 0 Å². The average Bonchev–Trinajstić information content (AvgIpc) is 3.07. The third kappa shape index (κ3) is 3.43. The van der Waals surface area contributed by atoms with E-state index in [2.05, 4.69) is 20.1 Å². The SMILES string of the molecule is Cl.O=C(c1cc(F)ccc1F)N1CCC(c2nnc3n2CCNC3)CC1. The lowest BCUT2D eigenvalue weighted by molar-refractivity contribution is 0.0704. The van der Waals surface area contributed by atoms with E-state index >= 15 is 0 Å². The van der Waals surface area contributed by atoms with E-state index in [0.29, 0.717) is 13.1 Å². The molecule has 0 aliphatic carbocycles. The average molecular weight is 384 g/mol. The number of carbonyl (C=O) groups is 1. The van der Waals surface area contributed by atoms with E-state index in [-0.39, 0.29) is 23.9 Å². The number of hydrogen-bond acceptors (Lipinski definition) is 4. The predicted octanol–water partition coefficient (Wildman–Crippen LogP) is 2.10. The van der Waals surface area contributed by atoms with Crippen LogP contribution in [-0.2, 0) is 13.1 Å². The van der Waals surface area contributed by atoms with Gasteiger partial charge in [-0.3, -0.25) is 4.79 Å². The van der Waals surface area contributed by atoms with Crippen LogP contribution in [0.25, 0.3) is 0 Å². The van der Waals surface area contributed by atoms with Crippen LogP contribution in [0.4, 0.5) is 8.78 Å². The Morgan fingerprint density at radius 2 is 1.92 bits per heavy atom. The first-order valence-corrected chi connectivity index (χ1v) is 8.50. The van der Waals surface area contributed by atoms with Crippen molar-refractivity contribution < 1.29 is 13.6 Å². The number of rotatable bonds is 2. The van der Waals surface area contributed by atoms with Crippen LogP contribution < -0.4 is 5.32 Å². The first kappa shape index (κ1) is 18.7.